The Hall–Kier alpha value is -0.610. The quantitative estimate of drug-likeness (QED) is 0.581. The molecule has 0 spiro atoms. The van der Waals surface area contributed by atoms with E-state index in [4.69, 9.17) is 4.74 Å². The molecular weight excluding hydrogens is 156 g/mol. The van der Waals surface area contributed by atoms with E-state index in [-0.39, 0.29) is 12.2 Å². The van der Waals surface area contributed by atoms with Crippen LogP contribution in [0.3, 0.4) is 0 Å². The number of esters is 1. The van der Waals surface area contributed by atoms with Crippen LogP contribution in [-0.2, 0) is 9.53 Å². The van der Waals surface area contributed by atoms with Crippen molar-refractivity contribution in [2.75, 3.05) is 19.6 Å². The molecule has 1 aliphatic rings. The average molecular weight is 172 g/mol. The first-order valence-corrected chi connectivity index (χ1v) is 4.46. The first-order valence-electron chi connectivity index (χ1n) is 4.46. The highest BCUT2D eigenvalue weighted by molar-refractivity contribution is 5.69. The van der Waals surface area contributed by atoms with Crippen molar-refractivity contribution in [3.63, 3.8) is 0 Å². The molecule has 1 saturated heterocycles. The fourth-order valence-electron chi connectivity index (χ4n) is 1.13. The highest BCUT2D eigenvalue weighted by Crippen LogP contribution is 1.96. The van der Waals surface area contributed by atoms with Crippen molar-refractivity contribution < 1.29 is 9.53 Å². The zero-order chi connectivity index (χ0) is 8.81. The van der Waals surface area contributed by atoms with Crippen molar-refractivity contribution in [3.8, 4) is 0 Å². The van der Waals surface area contributed by atoms with E-state index < -0.39 is 0 Å². The molecule has 0 radical (unpaired) electrons. The van der Waals surface area contributed by atoms with Gasteiger partial charge in [-0.05, 0) is 6.42 Å². The van der Waals surface area contributed by atoms with E-state index >= 15 is 0 Å². The minimum absolute atomic E-state index is 0.112. The van der Waals surface area contributed by atoms with E-state index in [2.05, 4.69) is 10.6 Å². The molecule has 1 atom stereocenters. The van der Waals surface area contributed by atoms with Crippen LogP contribution in [0.15, 0.2) is 0 Å². The number of hydrogen-bond acceptors (Lipinski definition) is 4. The summed E-state index contributed by atoms with van der Waals surface area (Å²) in [5.41, 5.74) is 0. The standard InChI is InChI=1S/C8H16N2O2/c1-2-3-8(11)12-7-6-9-4-5-10-7/h7,9-10H,2-6H2,1H3. The second kappa shape index (κ2) is 5.11. The summed E-state index contributed by atoms with van der Waals surface area (Å²) in [5.74, 6) is -0.112. The van der Waals surface area contributed by atoms with Crippen molar-refractivity contribution in [3.05, 3.63) is 0 Å². The van der Waals surface area contributed by atoms with Crippen LogP contribution >= 0.6 is 0 Å². The molecule has 70 valence electrons. The molecule has 1 rings (SSSR count). The van der Waals surface area contributed by atoms with Crippen LogP contribution in [0.5, 0.6) is 0 Å². The molecule has 0 aromatic carbocycles. The topological polar surface area (TPSA) is 50.4 Å². The smallest absolute Gasteiger partial charge is 0.307 e. The van der Waals surface area contributed by atoms with Crippen molar-refractivity contribution in [1.29, 1.82) is 0 Å². The molecule has 0 amide bonds. The van der Waals surface area contributed by atoms with Crippen LogP contribution in [0, 0.1) is 0 Å². The molecule has 0 bridgehead atoms. The van der Waals surface area contributed by atoms with Crippen LogP contribution in [0.4, 0.5) is 0 Å². The molecule has 0 saturated carbocycles. The van der Waals surface area contributed by atoms with Crippen molar-refractivity contribution in [2.45, 2.75) is 26.0 Å². The summed E-state index contributed by atoms with van der Waals surface area (Å²) in [6, 6.07) is 0. The van der Waals surface area contributed by atoms with Gasteiger partial charge in [0, 0.05) is 26.1 Å². The summed E-state index contributed by atoms with van der Waals surface area (Å²) in [6.45, 7) is 4.50. The normalized spacial score (nSPS) is 23.6. The second-order valence-corrected chi connectivity index (χ2v) is 2.89. The van der Waals surface area contributed by atoms with Gasteiger partial charge in [-0.1, -0.05) is 6.92 Å². The van der Waals surface area contributed by atoms with Gasteiger partial charge >= 0.3 is 5.97 Å². The summed E-state index contributed by atoms with van der Waals surface area (Å²) in [4.78, 5) is 11.0. The predicted molar refractivity (Wildman–Crippen MR) is 45.7 cm³/mol. The van der Waals surface area contributed by atoms with Gasteiger partial charge in [0.15, 0.2) is 6.23 Å². The lowest BCUT2D eigenvalue weighted by Gasteiger charge is -2.24. The van der Waals surface area contributed by atoms with E-state index in [1.165, 1.54) is 0 Å². The molecule has 12 heavy (non-hydrogen) atoms. The Balaban J connectivity index is 2.15. The zero-order valence-electron chi connectivity index (χ0n) is 7.43. The third-order valence-corrected chi connectivity index (χ3v) is 1.73. The van der Waals surface area contributed by atoms with Gasteiger partial charge in [0.25, 0.3) is 0 Å². The van der Waals surface area contributed by atoms with Gasteiger partial charge in [-0.15, -0.1) is 0 Å². The maximum absolute atomic E-state index is 11.0. The number of carbonyl (C=O) groups excluding carboxylic acids is 1. The number of carbonyl (C=O) groups is 1. The van der Waals surface area contributed by atoms with Gasteiger partial charge in [0.1, 0.15) is 0 Å². The Bertz CT molecular complexity index is 144. The van der Waals surface area contributed by atoms with E-state index in [0.29, 0.717) is 6.42 Å². The molecule has 0 aromatic rings. The van der Waals surface area contributed by atoms with E-state index in [0.717, 1.165) is 26.1 Å². The molecule has 2 N–H and O–H groups in total. The SMILES string of the molecule is CCCC(=O)OC1CNCCN1. The fraction of sp³-hybridized carbons (Fsp3) is 0.875. The fourth-order valence-corrected chi connectivity index (χ4v) is 1.13. The van der Waals surface area contributed by atoms with Crippen LogP contribution < -0.4 is 10.6 Å². The number of ether oxygens (including phenoxy) is 1. The minimum atomic E-state index is -0.127. The lowest BCUT2D eigenvalue weighted by molar-refractivity contribution is -0.151. The van der Waals surface area contributed by atoms with Crippen LogP contribution in [0.1, 0.15) is 19.8 Å². The number of nitrogens with one attached hydrogen (secondary N) is 2. The highest BCUT2D eigenvalue weighted by Gasteiger charge is 2.15. The van der Waals surface area contributed by atoms with E-state index in [9.17, 15) is 4.79 Å². The lowest BCUT2D eigenvalue weighted by Crippen LogP contribution is -2.50. The first-order chi connectivity index (χ1) is 5.83. The van der Waals surface area contributed by atoms with Gasteiger partial charge in [-0.3, -0.25) is 10.1 Å². The third kappa shape index (κ3) is 3.19. The number of piperazine rings is 1. The molecule has 1 aliphatic heterocycles. The average Bonchev–Trinajstić information content (AvgIpc) is 2.06. The summed E-state index contributed by atoms with van der Waals surface area (Å²) in [6.07, 6.45) is 1.23. The van der Waals surface area contributed by atoms with E-state index in [1.54, 1.807) is 0 Å². The van der Waals surface area contributed by atoms with Gasteiger partial charge in [0.05, 0.1) is 0 Å². The predicted octanol–water partition coefficient (Wildman–Crippen LogP) is -0.151. The van der Waals surface area contributed by atoms with Gasteiger partial charge in [-0.25, -0.2) is 0 Å². The van der Waals surface area contributed by atoms with Crippen molar-refractivity contribution >= 4 is 5.97 Å². The van der Waals surface area contributed by atoms with Crippen molar-refractivity contribution in [2.24, 2.45) is 0 Å². The molecule has 1 fully saturated rings. The molecule has 0 aromatic heterocycles. The Labute approximate surface area is 72.7 Å². The van der Waals surface area contributed by atoms with Gasteiger partial charge in [0.2, 0.25) is 0 Å². The molecular formula is C8H16N2O2. The van der Waals surface area contributed by atoms with E-state index in [1.807, 2.05) is 6.92 Å². The Morgan fingerprint density at radius 2 is 2.42 bits per heavy atom. The van der Waals surface area contributed by atoms with Gasteiger partial charge in [-0.2, -0.15) is 0 Å². The summed E-state index contributed by atoms with van der Waals surface area (Å²) in [5, 5.41) is 6.25. The number of hydrogen-bond donors (Lipinski definition) is 2. The second-order valence-electron chi connectivity index (χ2n) is 2.89. The third-order valence-electron chi connectivity index (χ3n) is 1.73. The lowest BCUT2D eigenvalue weighted by atomic mass is 10.3. The Kier molecular flexibility index (Phi) is 4.04. The molecule has 4 heteroatoms. The summed E-state index contributed by atoms with van der Waals surface area (Å²) >= 11 is 0. The maximum atomic E-state index is 11.0. The molecule has 1 unspecified atom stereocenters. The summed E-state index contributed by atoms with van der Waals surface area (Å²) in [7, 11) is 0. The van der Waals surface area contributed by atoms with Gasteiger partial charge < -0.3 is 10.1 Å². The molecule has 0 aliphatic carbocycles. The Morgan fingerprint density at radius 1 is 1.58 bits per heavy atom. The first kappa shape index (κ1) is 9.48. The minimum Gasteiger partial charge on any atom is -0.445 e. The summed E-state index contributed by atoms with van der Waals surface area (Å²) < 4.78 is 5.12. The highest BCUT2D eigenvalue weighted by atomic mass is 16.6. The Morgan fingerprint density at radius 3 is 3.00 bits per heavy atom. The number of rotatable bonds is 3. The van der Waals surface area contributed by atoms with Crippen LogP contribution in [0.2, 0.25) is 0 Å². The zero-order valence-corrected chi connectivity index (χ0v) is 7.43. The largest absolute Gasteiger partial charge is 0.445 e. The molecule has 1 heterocycles. The molecule has 4 nitrogen and oxygen atoms in total. The van der Waals surface area contributed by atoms with Crippen LogP contribution in [-0.4, -0.2) is 31.8 Å². The maximum Gasteiger partial charge on any atom is 0.307 e. The van der Waals surface area contributed by atoms with Crippen LogP contribution in [0.25, 0.3) is 0 Å². The monoisotopic (exact) mass is 172 g/mol. The van der Waals surface area contributed by atoms with Crippen molar-refractivity contribution in [1.82, 2.24) is 10.6 Å².